The van der Waals surface area contributed by atoms with Gasteiger partial charge in [0.05, 0.1) is 13.1 Å². The number of hydrogen-bond acceptors (Lipinski definition) is 6. The summed E-state index contributed by atoms with van der Waals surface area (Å²) in [7, 11) is 3.99. The average Bonchev–Trinajstić information content (AvgIpc) is 3.09. The number of esters is 2. The van der Waals surface area contributed by atoms with Crippen LogP contribution in [0, 0.1) is 0 Å². The molecule has 0 atom stereocenters. The van der Waals surface area contributed by atoms with Gasteiger partial charge in [-0.3, -0.25) is 19.4 Å². The Morgan fingerprint density at radius 1 is 0.458 bits per heavy atom. The molecule has 2 aromatic rings. The molecule has 0 amide bonds. The summed E-state index contributed by atoms with van der Waals surface area (Å²) in [5, 5.41) is 0. The van der Waals surface area contributed by atoms with Gasteiger partial charge >= 0.3 is 11.9 Å². The van der Waals surface area contributed by atoms with Crippen LogP contribution in [0.4, 0.5) is 0 Å². The lowest BCUT2D eigenvalue weighted by Gasteiger charge is -2.16. The molecule has 0 aliphatic carbocycles. The molecule has 0 bridgehead atoms. The number of hydrogen-bond donors (Lipinski definition) is 0. The zero-order valence-electron chi connectivity index (χ0n) is 31.1. The molecule has 0 aromatic heterocycles. The van der Waals surface area contributed by atoms with Gasteiger partial charge in [0.25, 0.3) is 0 Å². The summed E-state index contributed by atoms with van der Waals surface area (Å²) >= 11 is 0. The topological polar surface area (TPSA) is 59.1 Å². The van der Waals surface area contributed by atoms with Crippen LogP contribution in [-0.4, -0.2) is 62.0 Å². The molecule has 270 valence electrons. The predicted molar refractivity (Wildman–Crippen MR) is 201 cm³/mol. The molecule has 6 nitrogen and oxygen atoms in total. The maximum Gasteiger partial charge on any atom is 0.320 e. The van der Waals surface area contributed by atoms with Gasteiger partial charge in [-0.2, -0.15) is 0 Å². The first-order chi connectivity index (χ1) is 23.4. The number of ether oxygens (including phenoxy) is 2. The number of likely N-dealkylation sites (N-methyl/N-ethyl adjacent to an activating group) is 2. The lowest BCUT2D eigenvalue weighted by molar-refractivity contribution is -0.146. The van der Waals surface area contributed by atoms with Gasteiger partial charge < -0.3 is 9.47 Å². The zero-order valence-corrected chi connectivity index (χ0v) is 31.1. The van der Waals surface area contributed by atoms with Crippen molar-refractivity contribution in [3.63, 3.8) is 0 Å². The van der Waals surface area contributed by atoms with Gasteiger partial charge in [0.2, 0.25) is 0 Å². The summed E-state index contributed by atoms with van der Waals surface area (Å²) < 4.78 is 11.1. The molecule has 0 spiro atoms. The van der Waals surface area contributed by atoms with E-state index in [1.165, 1.54) is 103 Å². The minimum Gasteiger partial charge on any atom is -0.460 e. The quantitative estimate of drug-likeness (QED) is 0.0637. The summed E-state index contributed by atoms with van der Waals surface area (Å²) in [5.74, 6) is -0.363. The van der Waals surface area contributed by atoms with Crippen LogP contribution < -0.4 is 0 Å². The lowest BCUT2D eigenvalue weighted by atomic mass is 10.0. The number of unbranched alkanes of at least 4 members (excludes halogenated alkanes) is 16. The molecular formula is C42H68N2O4. The van der Waals surface area contributed by atoms with E-state index in [9.17, 15) is 9.59 Å². The molecule has 0 saturated heterocycles. The Hall–Kier alpha value is -2.70. The van der Waals surface area contributed by atoms with Gasteiger partial charge in [0.15, 0.2) is 0 Å². The average molecular weight is 665 g/mol. The first-order valence-electron chi connectivity index (χ1n) is 19.3. The van der Waals surface area contributed by atoms with Crippen LogP contribution in [0.15, 0.2) is 48.5 Å². The normalized spacial score (nSPS) is 11.4. The van der Waals surface area contributed by atoms with E-state index >= 15 is 0 Å². The van der Waals surface area contributed by atoms with Crippen molar-refractivity contribution in [2.24, 2.45) is 0 Å². The van der Waals surface area contributed by atoms with E-state index in [-0.39, 0.29) is 25.2 Å². The van der Waals surface area contributed by atoms with Crippen LogP contribution in [0.5, 0.6) is 0 Å². The van der Waals surface area contributed by atoms with Crippen molar-refractivity contribution in [3.05, 3.63) is 59.7 Å². The number of benzene rings is 2. The molecular weight excluding hydrogens is 596 g/mol. The van der Waals surface area contributed by atoms with E-state index in [2.05, 4.69) is 47.9 Å². The van der Waals surface area contributed by atoms with Gasteiger partial charge in [-0.05, 0) is 62.3 Å². The first kappa shape index (κ1) is 41.5. The summed E-state index contributed by atoms with van der Waals surface area (Å²) in [6.07, 6.45) is 23.5. The van der Waals surface area contributed by atoms with Crippen LogP contribution >= 0.6 is 0 Å². The fraction of sp³-hybridized carbons (Fsp3) is 0.667. The number of nitrogens with zero attached hydrogens (tertiary/aromatic N) is 2. The molecule has 0 unspecified atom stereocenters. The molecule has 0 aliphatic rings. The largest absolute Gasteiger partial charge is 0.460 e. The maximum absolute atomic E-state index is 12.4. The molecule has 0 N–H and O–H groups in total. The van der Waals surface area contributed by atoms with E-state index in [1.54, 1.807) is 0 Å². The number of carbonyl (C=O) groups excluding carboxylic acids is 2. The SMILES string of the molecule is CCCCCCCCCCCN(C)CC(=O)OCc1ccc(-c2ccc(COC(=O)CN(C)CCCCCCCCCCC)cc2)cc1. The van der Waals surface area contributed by atoms with Crippen LogP contribution in [0.3, 0.4) is 0 Å². The second-order valence-electron chi connectivity index (χ2n) is 13.8. The highest BCUT2D eigenvalue weighted by Crippen LogP contribution is 2.21. The van der Waals surface area contributed by atoms with Crippen LogP contribution in [0.1, 0.15) is 141 Å². The van der Waals surface area contributed by atoms with Crippen LogP contribution in [0.25, 0.3) is 11.1 Å². The Labute approximate surface area is 294 Å². The maximum atomic E-state index is 12.4. The Morgan fingerprint density at radius 3 is 1.06 bits per heavy atom. The molecule has 2 rings (SSSR count). The summed E-state index contributed by atoms with van der Waals surface area (Å²) in [6.45, 7) is 7.59. The van der Waals surface area contributed by atoms with Crippen LogP contribution in [-0.2, 0) is 32.3 Å². The minimum absolute atomic E-state index is 0.181. The molecule has 0 heterocycles. The van der Waals surface area contributed by atoms with Crippen molar-refractivity contribution in [1.82, 2.24) is 9.80 Å². The van der Waals surface area contributed by atoms with Crippen molar-refractivity contribution < 1.29 is 19.1 Å². The molecule has 0 saturated carbocycles. The van der Waals surface area contributed by atoms with E-state index in [0.29, 0.717) is 13.1 Å². The zero-order chi connectivity index (χ0) is 34.7. The number of carbonyl (C=O) groups is 2. The van der Waals surface area contributed by atoms with Gasteiger partial charge in [0.1, 0.15) is 13.2 Å². The monoisotopic (exact) mass is 665 g/mol. The van der Waals surface area contributed by atoms with E-state index in [1.807, 2.05) is 38.4 Å². The third-order valence-electron chi connectivity index (χ3n) is 9.13. The van der Waals surface area contributed by atoms with Crippen molar-refractivity contribution in [2.75, 3.05) is 40.3 Å². The number of rotatable bonds is 29. The fourth-order valence-corrected chi connectivity index (χ4v) is 5.99. The Balaban J connectivity index is 1.57. The highest BCUT2D eigenvalue weighted by molar-refractivity contribution is 5.72. The van der Waals surface area contributed by atoms with E-state index in [4.69, 9.17) is 9.47 Å². The third kappa shape index (κ3) is 20.6. The van der Waals surface area contributed by atoms with Crippen molar-refractivity contribution in [1.29, 1.82) is 0 Å². The van der Waals surface area contributed by atoms with Gasteiger partial charge in [0, 0.05) is 0 Å². The lowest BCUT2D eigenvalue weighted by Crippen LogP contribution is -2.28. The Morgan fingerprint density at radius 2 is 0.750 bits per heavy atom. The van der Waals surface area contributed by atoms with Gasteiger partial charge in [-0.25, -0.2) is 0 Å². The second kappa shape index (κ2) is 27.2. The van der Waals surface area contributed by atoms with E-state index < -0.39 is 0 Å². The molecule has 0 aliphatic heterocycles. The van der Waals surface area contributed by atoms with Crippen molar-refractivity contribution >= 4 is 11.9 Å². The van der Waals surface area contributed by atoms with E-state index in [0.717, 1.165) is 48.2 Å². The van der Waals surface area contributed by atoms with Gasteiger partial charge in [-0.1, -0.05) is 165 Å². The molecule has 2 aromatic carbocycles. The molecule has 0 fully saturated rings. The summed E-state index contributed by atoms with van der Waals surface area (Å²) in [6, 6.07) is 16.3. The predicted octanol–water partition coefficient (Wildman–Crippen LogP) is 10.4. The summed E-state index contributed by atoms with van der Waals surface area (Å²) in [4.78, 5) is 28.9. The Bertz CT molecular complexity index is 998. The van der Waals surface area contributed by atoms with Crippen molar-refractivity contribution in [2.45, 2.75) is 143 Å². The highest BCUT2D eigenvalue weighted by atomic mass is 16.5. The fourth-order valence-electron chi connectivity index (χ4n) is 5.99. The van der Waals surface area contributed by atoms with Crippen molar-refractivity contribution in [3.8, 4) is 11.1 Å². The third-order valence-corrected chi connectivity index (χ3v) is 9.13. The molecule has 48 heavy (non-hydrogen) atoms. The minimum atomic E-state index is -0.181. The highest BCUT2D eigenvalue weighted by Gasteiger charge is 2.10. The molecule has 6 heteroatoms. The Kier molecular flexibility index (Phi) is 23.5. The van der Waals surface area contributed by atoms with Crippen LogP contribution in [0.2, 0.25) is 0 Å². The second-order valence-corrected chi connectivity index (χ2v) is 13.8. The van der Waals surface area contributed by atoms with Gasteiger partial charge in [-0.15, -0.1) is 0 Å². The molecule has 0 radical (unpaired) electrons. The first-order valence-corrected chi connectivity index (χ1v) is 19.3. The smallest absolute Gasteiger partial charge is 0.320 e. The summed E-state index contributed by atoms with van der Waals surface area (Å²) in [5.41, 5.74) is 4.12. The standard InChI is InChI=1S/C42H68N2O4/c1-5-7-9-11-13-15-17-19-21-31-43(3)33-41(45)47-35-37-23-27-39(28-24-37)40-29-25-38(26-30-40)36-48-42(46)34-44(4)32-22-20-18-16-14-12-10-8-6-2/h23-30H,5-22,31-36H2,1-4H3.